The summed E-state index contributed by atoms with van der Waals surface area (Å²) < 4.78 is 0. The van der Waals surface area contributed by atoms with Crippen molar-refractivity contribution in [2.24, 2.45) is 4.99 Å². The van der Waals surface area contributed by atoms with Gasteiger partial charge in [-0.2, -0.15) is 0 Å². The molecule has 3 rings (SSSR count). The highest BCUT2D eigenvalue weighted by Crippen LogP contribution is 2.28. The van der Waals surface area contributed by atoms with E-state index < -0.39 is 0 Å². The van der Waals surface area contributed by atoms with Crippen molar-refractivity contribution in [2.75, 3.05) is 5.32 Å². The van der Waals surface area contributed by atoms with Crippen molar-refractivity contribution >= 4 is 34.8 Å². The molecular formula is C18H15N5. The van der Waals surface area contributed by atoms with E-state index in [-0.39, 0.29) is 0 Å². The first-order chi connectivity index (χ1) is 11.3. The smallest absolute Gasteiger partial charge is 0.161 e. The maximum absolute atomic E-state index is 4.55. The fourth-order valence-corrected chi connectivity index (χ4v) is 2.21. The van der Waals surface area contributed by atoms with E-state index in [0.29, 0.717) is 17.0 Å². The molecule has 1 N–H and O–H groups in total. The maximum atomic E-state index is 4.55. The highest BCUT2D eigenvalue weighted by Gasteiger charge is 2.09. The number of aliphatic imine (C=N–C) groups is 1. The molecule has 3 aromatic rings. The molecule has 0 atom stereocenters. The number of fused-ring (bicyclic) bond motifs is 1. The third kappa shape index (κ3) is 3.13. The lowest BCUT2D eigenvalue weighted by Crippen LogP contribution is -1.97. The van der Waals surface area contributed by atoms with Gasteiger partial charge in [-0.15, -0.1) is 0 Å². The molecule has 0 aliphatic rings. The predicted molar refractivity (Wildman–Crippen MR) is 94.8 cm³/mol. The van der Waals surface area contributed by atoms with Crippen LogP contribution in [0.15, 0.2) is 72.6 Å². The number of aromatic nitrogens is 3. The zero-order valence-corrected chi connectivity index (χ0v) is 12.5. The largest absolute Gasteiger partial charge is 0.355 e. The van der Waals surface area contributed by atoms with Crippen molar-refractivity contribution in [2.45, 2.75) is 0 Å². The SMILES string of the molecule is C=C/C=C(\N=C)c1cc(Nc2ccncc2)c2cccnc2n1. The van der Waals surface area contributed by atoms with E-state index in [9.17, 15) is 0 Å². The molecular weight excluding hydrogens is 286 g/mol. The lowest BCUT2D eigenvalue weighted by molar-refractivity contribution is 1.24. The molecule has 0 bridgehead atoms. The topological polar surface area (TPSA) is 63.1 Å². The quantitative estimate of drug-likeness (QED) is 0.571. The monoisotopic (exact) mass is 301 g/mol. The van der Waals surface area contributed by atoms with Crippen LogP contribution in [0.1, 0.15) is 5.69 Å². The van der Waals surface area contributed by atoms with Gasteiger partial charge in [0.25, 0.3) is 0 Å². The van der Waals surface area contributed by atoms with Crippen LogP contribution in [0.3, 0.4) is 0 Å². The third-order valence-corrected chi connectivity index (χ3v) is 3.25. The molecule has 3 heterocycles. The van der Waals surface area contributed by atoms with E-state index in [1.165, 1.54) is 0 Å². The highest BCUT2D eigenvalue weighted by molar-refractivity contribution is 5.92. The van der Waals surface area contributed by atoms with Gasteiger partial charge in [0.1, 0.15) is 0 Å². The number of allylic oxidation sites excluding steroid dienone is 2. The van der Waals surface area contributed by atoms with Gasteiger partial charge in [-0.25, -0.2) is 9.97 Å². The van der Waals surface area contributed by atoms with Gasteiger partial charge >= 0.3 is 0 Å². The number of hydrogen-bond donors (Lipinski definition) is 1. The van der Waals surface area contributed by atoms with Crippen LogP contribution in [0.5, 0.6) is 0 Å². The summed E-state index contributed by atoms with van der Waals surface area (Å²) in [5.74, 6) is 0. The van der Waals surface area contributed by atoms with E-state index in [2.05, 4.69) is 38.6 Å². The van der Waals surface area contributed by atoms with Crippen LogP contribution < -0.4 is 5.32 Å². The second-order valence-electron chi connectivity index (χ2n) is 4.74. The second kappa shape index (κ2) is 6.62. The van der Waals surface area contributed by atoms with Gasteiger partial charge in [-0.05, 0) is 43.1 Å². The second-order valence-corrected chi connectivity index (χ2v) is 4.74. The zero-order valence-electron chi connectivity index (χ0n) is 12.5. The molecule has 0 aromatic carbocycles. The van der Waals surface area contributed by atoms with Crippen LogP contribution in [0.4, 0.5) is 11.4 Å². The molecule has 0 unspecified atom stereocenters. The summed E-state index contributed by atoms with van der Waals surface area (Å²) in [6, 6.07) is 9.58. The Morgan fingerprint density at radius 3 is 2.74 bits per heavy atom. The van der Waals surface area contributed by atoms with Crippen LogP contribution in [-0.2, 0) is 0 Å². The Balaban J connectivity index is 2.16. The van der Waals surface area contributed by atoms with Gasteiger partial charge in [0.05, 0.1) is 17.1 Å². The van der Waals surface area contributed by atoms with Crippen molar-refractivity contribution in [1.29, 1.82) is 0 Å². The van der Waals surface area contributed by atoms with Crippen molar-refractivity contribution in [1.82, 2.24) is 15.0 Å². The van der Waals surface area contributed by atoms with Gasteiger partial charge in [0.2, 0.25) is 0 Å². The molecule has 0 radical (unpaired) electrons. The summed E-state index contributed by atoms with van der Waals surface area (Å²) in [7, 11) is 0. The van der Waals surface area contributed by atoms with Crippen LogP contribution in [-0.4, -0.2) is 21.7 Å². The van der Waals surface area contributed by atoms with Gasteiger partial charge in [-0.1, -0.05) is 12.7 Å². The number of rotatable bonds is 5. The Labute approximate surface area is 134 Å². The number of nitrogens with one attached hydrogen (secondary N) is 1. The number of anilines is 2. The molecule has 0 saturated carbocycles. The molecule has 23 heavy (non-hydrogen) atoms. The molecule has 112 valence electrons. The van der Waals surface area contributed by atoms with E-state index in [0.717, 1.165) is 16.8 Å². The predicted octanol–water partition coefficient (Wildman–Crippen LogP) is 4.00. The highest BCUT2D eigenvalue weighted by atomic mass is 14.9. The molecule has 3 aromatic heterocycles. The Morgan fingerprint density at radius 1 is 1.17 bits per heavy atom. The van der Waals surface area contributed by atoms with Crippen LogP contribution in [0.2, 0.25) is 0 Å². The lowest BCUT2D eigenvalue weighted by atomic mass is 10.1. The fraction of sp³-hybridized carbons (Fsp3) is 0. The van der Waals surface area contributed by atoms with E-state index in [1.54, 1.807) is 30.7 Å². The normalized spacial score (nSPS) is 11.2. The first-order valence-electron chi connectivity index (χ1n) is 7.04. The van der Waals surface area contributed by atoms with Crippen LogP contribution >= 0.6 is 0 Å². The Bertz CT molecular complexity index is 884. The summed E-state index contributed by atoms with van der Waals surface area (Å²) in [6.07, 6.45) is 8.61. The summed E-state index contributed by atoms with van der Waals surface area (Å²) in [4.78, 5) is 16.9. The summed E-state index contributed by atoms with van der Waals surface area (Å²) in [6.45, 7) is 7.29. The fourth-order valence-electron chi connectivity index (χ4n) is 2.21. The average Bonchev–Trinajstić information content (AvgIpc) is 2.60. The molecule has 5 nitrogen and oxygen atoms in total. The molecule has 0 fully saturated rings. The minimum atomic E-state index is 0.639. The van der Waals surface area contributed by atoms with E-state index in [1.807, 2.05) is 30.3 Å². The number of nitrogens with zero attached hydrogens (tertiary/aromatic N) is 4. The Hall–Kier alpha value is -3.34. The van der Waals surface area contributed by atoms with Crippen molar-refractivity contribution in [3.8, 4) is 0 Å². The van der Waals surface area contributed by atoms with E-state index in [4.69, 9.17) is 0 Å². The lowest BCUT2D eigenvalue weighted by Gasteiger charge is -2.11. The van der Waals surface area contributed by atoms with Gasteiger partial charge in [0, 0.05) is 29.7 Å². The van der Waals surface area contributed by atoms with Crippen molar-refractivity contribution in [3.05, 3.63) is 73.3 Å². The van der Waals surface area contributed by atoms with Gasteiger partial charge in [0.15, 0.2) is 5.65 Å². The molecule has 0 saturated heterocycles. The van der Waals surface area contributed by atoms with Crippen LogP contribution in [0, 0.1) is 0 Å². The molecule has 0 spiro atoms. The van der Waals surface area contributed by atoms with Crippen molar-refractivity contribution in [3.63, 3.8) is 0 Å². The number of pyridine rings is 3. The standard InChI is InChI=1S/C18H15N5/c1-3-5-15(19-2)17-12-16(22-13-7-10-20-11-8-13)14-6-4-9-21-18(14)23-17/h3-12H,1-2H2,(H,20,21,22,23)/b15-5-. The first-order valence-corrected chi connectivity index (χ1v) is 7.04. The van der Waals surface area contributed by atoms with Gasteiger partial charge in [-0.3, -0.25) is 9.98 Å². The summed E-state index contributed by atoms with van der Waals surface area (Å²) in [5, 5.41) is 4.30. The average molecular weight is 301 g/mol. The van der Waals surface area contributed by atoms with E-state index >= 15 is 0 Å². The molecule has 5 heteroatoms. The third-order valence-electron chi connectivity index (χ3n) is 3.25. The van der Waals surface area contributed by atoms with Crippen LogP contribution in [0.25, 0.3) is 16.7 Å². The minimum absolute atomic E-state index is 0.639. The van der Waals surface area contributed by atoms with Gasteiger partial charge < -0.3 is 5.32 Å². The first kappa shape index (κ1) is 14.6. The Kier molecular flexibility index (Phi) is 4.20. The number of hydrogen-bond acceptors (Lipinski definition) is 5. The summed E-state index contributed by atoms with van der Waals surface area (Å²) in [5.41, 5.74) is 3.79. The molecule has 0 aliphatic carbocycles. The molecule has 0 aliphatic heterocycles. The zero-order chi connectivity index (χ0) is 16.1. The summed E-state index contributed by atoms with van der Waals surface area (Å²) >= 11 is 0. The minimum Gasteiger partial charge on any atom is -0.355 e. The Morgan fingerprint density at radius 2 is 2.00 bits per heavy atom. The van der Waals surface area contributed by atoms with Crippen molar-refractivity contribution < 1.29 is 0 Å². The maximum Gasteiger partial charge on any atom is 0.161 e. The molecule has 0 amide bonds.